The molecule has 7 nitrogen and oxygen atoms in total. The van der Waals surface area contributed by atoms with Gasteiger partial charge in [0.1, 0.15) is 5.60 Å². The van der Waals surface area contributed by atoms with Crippen LogP contribution in [0.25, 0.3) is 0 Å². The summed E-state index contributed by atoms with van der Waals surface area (Å²) in [4.78, 5) is 16.4. The van der Waals surface area contributed by atoms with E-state index in [4.69, 9.17) is 9.47 Å². The summed E-state index contributed by atoms with van der Waals surface area (Å²) in [6.07, 6.45) is 3.03. The van der Waals surface area contributed by atoms with Gasteiger partial charge >= 0.3 is 6.09 Å². The first-order valence-corrected chi connectivity index (χ1v) is 14.2. The van der Waals surface area contributed by atoms with E-state index < -0.39 is 15.3 Å². The summed E-state index contributed by atoms with van der Waals surface area (Å²) >= 11 is 0. The second kappa shape index (κ2) is 9.66. The third kappa shape index (κ3) is 6.23. The second-order valence-electron chi connectivity index (χ2n) is 11.0. The molecule has 190 valence electrons. The fourth-order valence-electron chi connectivity index (χ4n) is 5.27. The van der Waals surface area contributed by atoms with Crippen molar-refractivity contribution >= 4 is 21.7 Å². The lowest BCUT2D eigenvalue weighted by Gasteiger charge is -2.35. The molecule has 0 spiro atoms. The maximum absolute atomic E-state index is 14.8. The molecule has 2 saturated heterocycles. The van der Waals surface area contributed by atoms with Crippen LogP contribution in [0.5, 0.6) is 5.75 Å². The SMILES string of the molecule is C=S(C)(=O)N1CCN(Cc2ccc(OC3CC4CN(C(=O)OC(C)(C)C)CC4C3)c(F)c2)CC1. The second-order valence-corrected chi connectivity index (χ2v) is 13.5. The van der Waals surface area contributed by atoms with Crippen LogP contribution in [0.1, 0.15) is 39.2 Å². The number of likely N-dealkylation sites (tertiary alicyclic amines) is 1. The highest BCUT2D eigenvalue weighted by Gasteiger charge is 2.44. The summed E-state index contributed by atoms with van der Waals surface area (Å²) < 4.78 is 40.4. The van der Waals surface area contributed by atoms with Crippen molar-refractivity contribution in [1.82, 2.24) is 14.1 Å². The number of amides is 1. The third-order valence-electron chi connectivity index (χ3n) is 6.93. The van der Waals surface area contributed by atoms with Crippen molar-refractivity contribution in [3.05, 3.63) is 29.6 Å². The summed E-state index contributed by atoms with van der Waals surface area (Å²) in [6, 6.07) is 5.22. The molecule has 0 N–H and O–H groups in total. The molecule has 1 aromatic rings. The first kappa shape index (κ1) is 25.3. The molecule has 3 fully saturated rings. The molecule has 3 aliphatic rings. The number of halogens is 1. The molecule has 0 aromatic heterocycles. The number of hydrogen-bond acceptors (Lipinski definition) is 5. The van der Waals surface area contributed by atoms with Crippen molar-refractivity contribution in [2.24, 2.45) is 11.8 Å². The Bertz CT molecular complexity index is 988. The van der Waals surface area contributed by atoms with E-state index >= 15 is 0 Å². The van der Waals surface area contributed by atoms with Gasteiger partial charge in [-0.25, -0.2) is 13.5 Å². The quantitative estimate of drug-likeness (QED) is 0.587. The van der Waals surface area contributed by atoms with Crippen LogP contribution in [0.3, 0.4) is 0 Å². The van der Waals surface area contributed by atoms with E-state index in [2.05, 4.69) is 10.8 Å². The lowest BCUT2D eigenvalue weighted by atomic mass is 10.0. The maximum Gasteiger partial charge on any atom is 0.410 e. The molecule has 2 aliphatic heterocycles. The normalized spacial score (nSPS) is 27.9. The van der Waals surface area contributed by atoms with Crippen molar-refractivity contribution in [2.45, 2.75) is 51.9 Å². The molecule has 34 heavy (non-hydrogen) atoms. The van der Waals surface area contributed by atoms with Gasteiger partial charge in [0.15, 0.2) is 11.6 Å². The van der Waals surface area contributed by atoms with Crippen molar-refractivity contribution in [1.29, 1.82) is 0 Å². The fourth-order valence-corrected chi connectivity index (χ4v) is 6.20. The summed E-state index contributed by atoms with van der Waals surface area (Å²) in [5.74, 6) is 4.46. The zero-order chi connectivity index (χ0) is 24.7. The van der Waals surface area contributed by atoms with Crippen molar-refractivity contribution in [3.8, 4) is 5.75 Å². The Morgan fingerprint density at radius 1 is 1.15 bits per heavy atom. The largest absolute Gasteiger partial charge is 0.487 e. The van der Waals surface area contributed by atoms with E-state index in [1.807, 2.05) is 31.1 Å². The Kier molecular flexibility index (Phi) is 7.18. The van der Waals surface area contributed by atoms with Crippen LogP contribution in [0.4, 0.5) is 9.18 Å². The van der Waals surface area contributed by atoms with Crippen LogP contribution >= 0.6 is 0 Å². The average molecular weight is 496 g/mol. The van der Waals surface area contributed by atoms with E-state index in [1.54, 1.807) is 23.3 Å². The van der Waals surface area contributed by atoms with E-state index in [9.17, 15) is 13.4 Å². The van der Waals surface area contributed by atoms with E-state index in [1.165, 1.54) is 0 Å². The van der Waals surface area contributed by atoms with Crippen molar-refractivity contribution in [3.63, 3.8) is 0 Å². The molecule has 1 aromatic carbocycles. The van der Waals surface area contributed by atoms with Gasteiger partial charge in [-0.05, 0) is 69.0 Å². The standard InChI is InChI=1S/C25H38FN3O4S/c1-25(2,3)33-24(30)28-16-19-13-21(14-20(19)17-28)32-23-7-6-18(12-22(23)26)15-27-8-10-29(11-9-27)34(4,5)31/h6-7,12,19-21H,4,8-11,13-17H2,1-3,5H3. The molecule has 3 unspecified atom stereocenters. The predicted octanol–water partition coefficient (Wildman–Crippen LogP) is 3.23. The molecular weight excluding hydrogens is 457 g/mol. The lowest BCUT2D eigenvalue weighted by molar-refractivity contribution is 0.0272. The van der Waals surface area contributed by atoms with Crippen LogP contribution in [0.2, 0.25) is 0 Å². The van der Waals surface area contributed by atoms with Crippen LogP contribution in [-0.2, 0) is 21.0 Å². The smallest absolute Gasteiger partial charge is 0.410 e. The van der Waals surface area contributed by atoms with Crippen LogP contribution < -0.4 is 4.74 Å². The number of ether oxygens (including phenoxy) is 2. The Morgan fingerprint density at radius 3 is 2.29 bits per heavy atom. The molecular formula is C25H38FN3O4S. The fraction of sp³-hybridized carbons (Fsp3) is 0.680. The predicted molar refractivity (Wildman–Crippen MR) is 133 cm³/mol. The van der Waals surface area contributed by atoms with Gasteiger partial charge in [-0.15, -0.1) is 0 Å². The molecule has 0 radical (unpaired) electrons. The first-order chi connectivity index (χ1) is 15.9. The average Bonchev–Trinajstić information content (AvgIpc) is 3.27. The number of nitrogens with zero attached hydrogens (tertiary/aromatic N) is 3. The molecule has 9 heteroatoms. The molecule has 1 saturated carbocycles. The van der Waals surface area contributed by atoms with Crippen LogP contribution in [0, 0.1) is 17.7 Å². The number of fused-ring (bicyclic) bond motifs is 1. The van der Waals surface area contributed by atoms with Crippen molar-refractivity contribution < 1.29 is 22.9 Å². The molecule has 1 amide bonds. The summed E-state index contributed by atoms with van der Waals surface area (Å²) in [5.41, 5.74) is 0.409. The van der Waals surface area contributed by atoms with Crippen LogP contribution in [0.15, 0.2) is 18.2 Å². The van der Waals surface area contributed by atoms with Gasteiger partial charge in [0.2, 0.25) is 0 Å². The van der Waals surface area contributed by atoms with Gasteiger partial charge in [-0.2, -0.15) is 0 Å². The Balaban J connectivity index is 1.26. The number of carbonyl (C=O) groups excluding carboxylic acids is 1. The highest BCUT2D eigenvalue weighted by molar-refractivity contribution is 7.97. The monoisotopic (exact) mass is 495 g/mol. The minimum Gasteiger partial charge on any atom is -0.487 e. The van der Waals surface area contributed by atoms with Gasteiger partial charge in [0.05, 0.1) is 6.10 Å². The van der Waals surface area contributed by atoms with Gasteiger partial charge in [0.25, 0.3) is 0 Å². The summed E-state index contributed by atoms with van der Waals surface area (Å²) in [6.45, 7) is 10.6. The van der Waals surface area contributed by atoms with E-state index in [-0.39, 0.29) is 18.0 Å². The molecule has 4 rings (SSSR count). The number of rotatable bonds is 5. The minimum absolute atomic E-state index is 0.0317. The highest BCUT2D eigenvalue weighted by atomic mass is 32.2. The lowest BCUT2D eigenvalue weighted by Crippen LogP contribution is -2.47. The Labute approximate surface area is 203 Å². The van der Waals surface area contributed by atoms with E-state index in [0.29, 0.717) is 50.3 Å². The number of benzene rings is 1. The molecule has 3 atom stereocenters. The molecule has 1 aliphatic carbocycles. The summed E-state index contributed by atoms with van der Waals surface area (Å²) in [7, 11) is -2.16. The molecule has 2 heterocycles. The maximum atomic E-state index is 14.8. The zero-order valence-electron chi connectivity index (χ0n) is 20.8. The van der Waals surface area contributed by atoms with Gasteiger partial charge in [0, 0.05) is 61.8 Å². The van der Waals surface area contributed by atoms with Gasteiger partial charge in [-0.3, -0.25) is 9.11 Å². The highest BCUT2D eigenvalue weighted by Crippen LogP contribution is 2.40. The van der Waals surface area contributed by atoms with Crippen molar-refractivity contribution in [2.75, 3.05) is 45.5 Å². The molecule has 0 bridgehead atoms. The summed E-state index contributed by atoms with van der Waals surface area (Å²) in [5, 5.41) is 0. The van der Waals surface area contributed by atoms with Gasteiger partial charge in [-0.1, -0.05) is 6.07 Å². The Morgan fingerprint density at radius 2 is 1.76 bits per heavy atom. The Hall–Kier alpha value is -1.84. The number of carbonyl (C=O) groups is 1. The first-order valence-electron chi connectivity index (χ1n) is 12.1. The third-order valence-corrected chi connectivity index (χ3v) is 8.39. The van der Waals surface area contributed by atoms with Crippen LogP contribution in [-0.4, -0.2) is 87.5 Å². The minimum atomic E-state index is -2.16. The topological polar surface area (TPSA) is 62.3 Å². The van der Waals surface area contributed by atoms with Gasteiger partial charge < -0.3 is 14.4 Å². The van der Waals surface area contributed by atoms with E-state index in [0.717, 1.165) is 31.5 Å². The zero-order valence-corrected chi connectivity index (χ0v) is 21.6. The number of hydrogen-bond donors (Lipinski definition) is 0. The number of piperazine rings is 1.